The van der Waals surface area contributed by atoms with Gasteiger partial charge in [-0.15, -0.1) is 0 Å². The molecule has 2 saturated carbocycles. The van der Waals surface area contributed by atoms with E-state index in [2.05, 4.69) is 196 Å². The molecule has 0 N–H and O–H groups in total. The fraction of sp³-hybridized carbons (Fsp3) is 0.143. The van der Waals surface area contributed by atoms with Gasteiger partial charge in [-0.25, -0.2) is 0 Å². The molecule has 14 aromatic rings. The third kappa shape index (κ3) is 4.74. The maximum atomic E-state index is 2.76. The van der Waals surface area contributed by atoms with Crippen molar-refractivity contribution in [1.29, 1.82) is 0 Å². The van der Waals surface area contributed by atoms with Crippen molar-refractivity contribution in [3.63, 3.8) is 0 Å². The van der Waals surface area contributed by atoms with Crippen LogP contribution in [0.2, 0.25) is 0 Å². The normalized spacial score (nSPS) is 15.8. The summed E-state index contributed by atoms with van der Waals surface area (Å²) >= 11 is 0. The Kier molecular flexibility index (Phi) is 7.33. The van der Waals surface area contributed by atoms with Crippen molar-refractivity contribution in [2.75, 3.05) is 0 Å². The highest BCUT2D eigenvalue weighted by Crippen LogP contribution is 2.51. The molecule has 0 amide bonds. The number of fused-ring (bicyclic) bond motifs is 17. The smallest absolute Gasteiger partial charge is 0.252 e. The van der Waals surface area contributed by atoms with E-state index < -0.39 is 0 Å². The monoisotopic (exact) mass is 941 g/mol. The summed E-state index contributed by atoms with van der Waals surface area (Å²) in [6.07, 6.45) is 10.3. The Morgan fingerprint density at radius 2 is 0.824 bits per heavy atom. The Hall–Kier alpha value is -8.34. The third-order valence-electron chi connectivity index (χ3n) is 19.3. The number of nitrogens with zero attached hydrogens (tertiary/aromatic N) is 3. The minimum absolute atomic E-state index is 0.0614. The van der Waals surface area contributed by atoms with E-state index in [-0.39, 0.29) is 6.71 Å². The zero-order valence-corrected chi connectivity index (χ0v) is 41.1. The second kappa shape index (κ2) is 13.8. The lowest BCUT2D eigenvalue weighted by Gasteiger charge is -2.35. The second-order valence-corrected chi connectivity index (χ2v) is 22.8. The quantitative estimate of drug-likeness (QED) is 0.157. The van der Waals surface area contributed by atoms with Crippen LogP contribution in [0.15, 0.2) is 182 Å². The van der Waals surface area contributed by atoms with Crippen LogP contribution in [0.3, 0.4) is 0 Å². The molecule has 11 aromatic carbocycles. The van der Waals surface area contributed by atoms with Crippen LogP contribution in [0.1, 0.15) is 74.3 Å². The molecule has 74 heavy (non-hydrogen) atoms. The molecular weight excluding hydrogens is 894 g/mol. The largest absolute Gasteiger partial charge is 0.309 e. The van der Waals surface area contributed by atoms with Gasteiger partial charge in [0.15, 0.2) is 0 Å². The van der Waals surface area contributed by atoms with Gasteiger partial charge in [0.25, 0.3) is 6.71 Å². The van der Waals surface area contributed by atoms with E-state index in [0.29, 0.717) is 11.8 Å². The van der Waals surface area contributed by atoms with E-state index in [1.807, 2.05) is 0 Å². The molecule has 3 aliphatic carbocycles. The molecule has 0 saturated heterocycles. The van der Waals surface area contributed by atoms with Crippen LogP contribution in [0.4, 0.5) is 0 Å². The average Bonchev–Trinajstić information content (AvgIpc) is 4.37. The van der Waals surface area contributed by atoms with Crippen LogP contribution in [-0.4, -0.2) is 20.4 Å². The number of hydrogen-bond donors (Lipinski definition) is 0. The predicted molar refractivity (Wildman–Crippen MR) is 313 cm³/mol. The standard InChI is InChI=1S/C70H48BN3/c1-2-14-39(13-1)44-33-55-53-30-27-41-17-5-7-20-47(41)67(53)73-61-37-46(72-59-26-12-25-52-50-23-10-9-22-49(50)51-24-11-19-43-29-32-60(72)65(63(43)51)64(52)59)38-62-66(61)71(57(35-44)69(55)73)58-36-45(40-15-3-4-16-40)34-56-54-31-28-42-18-6-8-21-48(42)68(54)74(62)70(56)58/h5-12,17-40H,1-4,13-16H2. The molecule has 3 aromatic heterocycles. The van der Waals surface area contributed by atoms with E-state index in [1.54, 1.807) is 0 Å². The summed E-state index contributed by atoms with van der Waals surface area (Å²) in [5.41, 5.74) is 24.4. The maximum absolute atomic E-state index is 2.76. The lowest BCUT2D eigenvalue weighted by Crippen LogP contribution is -2.59. The molecule has 3 nitrogen and oxygen atoms in total. The Balaban J connectivity index is 1.04. The first kappa shape index (κ1) is 39.2. The van der Waals surface area contributed by atoms with Gasteiger partial charge >= 0.3 is 0 Å². The average molecular weight is 942 g/mol. The number of aromatic nitrogens is 3. The minimum atomic E-state index is 0.0614. The van der Waals surface area contributed by atoms with E-state index in [1.165, 1.54) is 216 Å². The summed E-state index contributed by atoms with van der Waals surface area (Å²) in [6, 6.07) is 71.8. The molecule has 2 aliphatic heterocycles. The highest BCUT2D eigenvalue weighted by molar-refractivity contribution is 7.00. The van der Waals surface area contributed by atoms with Crippen LogP contribution in [0.25, 0.3) is 137 Å². The van der Waals surface area contributed by atoms with E-state index in [0.717, 1.165) is 0 Å². The number of hydrogen-bond acceptors (Lipinski definition) is 0. The van der Waals surface area contributed by atoms with Crippen molar-refractivity contribution in [1.82, 2.24) is 13.7 Å². The Labute approximate surface area is 427 Å². The first-order chi connectivity index (χ1) is 36.7. The highest BCUT2D eigenvalue weighted by Gasteiger charge is 2.43. The predicted octanol–water partition coefficient (Wildman–Crippen LogP) is 16.5. The fourth-order valence-electron chi connectivity index (χ4n) is 16.3. The van der Waals surface area contributed by atoms with Gasteiger partial charge in [-0.05, 0) is 145 Å². The van der Waals surface area contributed by atoms with Gasteiger partial charge in [-0.3, -0.25) is 0 Å². The molecule has 0 radical (unpaired) electrons. The van der Waals surface area contributed by atoms with Crippen molar-refractivity contribution < 1.29 is 0 Å². The topological polar surface area (TPSA) is 14.8 Å². The SMILES string of the molecule is c1ccc2c(c1)-c1cccc3ccc4c(c13)c1c-2cccc1n4-c1cc2c3c(c1)-n1c4c(cc(C5CCCC5)cc4c4ccc5ccccc5c41)B3c1cc(C3CCCC3)cc3c4ccc5ccccc5c4n-2c13. The summed E-state index contributed by atoms with van der Waals surface area (Å²) in [7, 11) is 0. The van der Waals surface area contributed by atoms with Gasteiger partial charge in [0.1, 0.15) is 0 Å². The zero-order chi connectivity index (χ0) is 47.7. The molecule has 2 fully saturated rings. The van der Waals surface area contributed by atoms with E-state index in [9.17, 15) is 0 Å². The zero-order valence-electron chi connectivity index (χ0n) is 41.1. The van der Waals surface area contributed by atoms with Crippen molar-refractivity contribution in [3.8, 4) is 39.3 Å². The minimum Gasteiger partial charge on any atom is -0.309 e. The highest BCUT2D eigenvalue weighted by atomic mass is 15.1. The molecule has 0 bridgehead atoms. The summed E-state index contributed by atoms with van der Waals surface area (Å²) < 4.78 is 8.17. The van der Waals surface area contributed by atoms with Crippen LogP contribution < -0.4 is 16.4 Å². The van der Waals surface area contributed by atoms with Gasteiger partial charge in [0.05, 0.1) is 27.8 Å². The Morgan fingerprint density at radius 1 is 0.338 bits per heavy atom. The summed E-state index contributed by atoms with van der Waals surface area (Å²) in [6.45, 7) is 0.0614. The lowest BCUT2D eigenvalue weighted by molar-refractivity contribution is 0.725. The molecule has 5 aliphatic rings. The van der Waals surface area contributed by atoms with Crippen LogP contribution in [0, 0.1) is 0 Å². The first-order valence-corrected chi connectivity index (χ1v) is 27.5. The summed E-state index contributed by atoms with van der Waals surface area (Å²) in [5, 5.41) is 16.0. The Morgan fingerprint density at radius 3 is 1.42 bits per heavy atom. The number of benzene rings is 11. The molecule has 5 heterocycles. The summed E-state index contributed by atoms with van der Waals surface area (Å²) in [4.78, 5) is 0. The molecule has 0 atom stereocenters. The van der Waals surface area contributed by atoms with Crippen LogP contribution in [0.5, 0.6) is 0 Å². The molecule has 0 spiro atoms. The number of rotatable bonds is 3. The fourth-order valence-corrected chi connectivity index (χ4v) is 16.3. The summed E-state index contributed by atoms with van der Waals surface area (Å²) in [5.74, 6) is 1.17. The first-order valence-electron chi connectivity index (χ1n) is 27.5. The molecule has 4 heteroatoms. The second-order valence-electron chi connectivity index (χ2n) is 22.8. The van der Waals surface area contributed by atoms with Gasteiger partial charge in [-0.1, -0.05) is 171 Å². The Bertz CT molecular complexity index is 4730. The van der Waals surface area contributed by atoms with Gasteiger partial charge < -0.3 is 13.7 Å². The van der Waals surface area contributed by atoms with Crippen molar-refractivity contribution in [2.24, 2.45) is 0 Å². The molecule has 346 valence electrons. The van der Waals surface area contributed by atoms with Crippen molar-refractivity contribution in [3.05, 3.63) is 193 Å². The van der Waals surface area contributed by atoms with E-state index in [4.69, 9.17) is 0 Å². The van der Waals surface area contributed by atoms with Crippen molar-refractivity contribution >= 4 is 121 Å². The molecule has 0 unspecified atom stereocenters. The van der Waals surface area contributed by atoms with E-state index >= 15 is 0 Å². The van der Waals surface area contributed by atoms with Crippen LogP contribution >= 0.6 is 0 Å². The van der Waals surface area contributed by atoms with Crippen LogP contribution in [-0.2, 0) is 0 Å². The maximum Gasteiger partial charge on any atom is 0.252 e. The van der Waals surface area contributed by atoms with Crippen molar-refractivity contribution in [2.45, 2.75) is 63.2 Å². The third-order valence-corrected chi connectivity index (χ3v) is 19.3. The van der Waals surface area contributed by atoms with Gasteiger partial charge in [-0.2, -0.15) is 0 Å². The van der Waals surface area contributed by atoms with Gasteiger partial charge in [0, 0.05) is 65.5 Å². The lowest BCUT2D eigenvalue weighted by atomic mass is 9.34. The van der Waals surface area contributed by atoms with Gasteiger partial charge in [0.2, 0.25) is 0 Å². The molecule has 19 rings (SSSR count). The molecular formula is C70H48BN3.